The number of rotatable bonds is 3. The summed E-state index contributed by atoms with van der Waals surface area (Å²) in [5.41, 5.74) is 0.118. The van der Waals surface area contributed by atoms with Crippen LogP contribution in [0.4, 0.5) is 5.69 Å². The third kappa shape index (κ3) is 2.35. The van der Waals surface area contributed by atoms with E-state index in [4.69, 9.17) is 22.0 Å². The Kier molecular flexibility index (Phi) is 3.45. The molecule has 2 unspecified atom stereocenters. The van der Waals surface area contributed by atoms with E-state index in [9.17, 15) is 9.59 Å². The fourth-order valence-electron chi connectivity index (χ4n) is 2.49. The molecule has 0 radical (unpaired) electrons. The van der Waals surface area contributed by atoms with Crippen molar-refractivity contribution < 1.29 is 14.7 Å². The number of halogens is 1. The highest BCUT2D eigenvalue weighted by Crippen LogP contribution is 2.58. The first-order valence-corrected chi connectivity index (χ1v) is 6.40. The van der Waals surface area contributed by atoms with Crippen molar-refractivity contribution >= 4 is 29.2 Å². The van der Waals surface area contributed by atoms with Gasteiger partial charge in [0.2, 0.25) is 5.91 Å². The molecule has 0 heterocycles. The van der Waals surface area contributed by atoms with E-state index in [0.29, 0.717) is 16.3 Å². The minimum Gasteiger partial charge on any atom is -0.481 e. The first-order valence-electron chi connectivity index (χ1n) is 6.02. The van der Waals surface area contributed by atoms with E-state index in [0.717, 1.165) is 0 Å². The smallest absolute Gasteiger partial charge is 0.307 e. The highest BCUT2D eigenvalue weighted by atomic mass is 35.5. The zero-order valence-corrected chi connectivity index (χ0v) is 11.7. The van der Waals surface area contributed by atoms with Crippen molar-refractivity contribution in [3.05, 3.63) is 28.8 Å². The molecule has 2 rings (SSSR count). The Balaban J connectivity index is 2.18. The van der Waals surface area contributed by atoms with Crippen LogP contribution in [0.2, 0.25) is 5.02 Å². The topological polar surface area (TPSA) is 90.2 Å². The molecule has 2 atom stereocenters. The van der Waals surface area contributed by atoms with Gasteiger partial charge in [-0.3, -0.25) is 9.59 Å². The summed E-state index contributed by atoms with van der Waals surface area (Å²) in [6.07, 6.45) is 0. The number of carboxylic acids is 1. The fraction of sp³-hybridized carbons (Fsp3) is 0.357. The normalized spacial score (nSPS) is 22.7. The van der Waals surface area contributed by atoms with Crippen LogP contribution in [0.15, 0.2) is 18.2 Å². The standard InChI is InChI=1S/C14H13ClN2O3/c1-14(2)10(11(14)13(19)20)12(18)17-9-5-7(6-16)3-4-8(9)15/h3-5,10-11H,1-2H3,(H,17,18)(H,19,20). The highest BCUT2D eigenvalue weighted by molar-refractivity contribution is 6.33. The largest absolute Gasteiger partial charge is 0.481 e. The van der Waals surface area contributed by atoms with Gasteiger partial charge in [-0.1, -0.05) is 25.4 Å². The van der Waals surface area contributed by atoms with Crippen LogP contribution in [-0.4, -0.2) is 17.0 Å². The molecule has 1 fully saturated rings. The van der Waals surface area contributed by atoms with Crippen molar-refractivity contribution in [3.8, 4) is 6.07 Å². The van der Waals surface area contributed by atoms with E-state index in [1.54, 1.807) is 19.9 Å². The summed E-state index contributed by atoms with van der Waals surface area (Å²) in [7, 11) is 0. The molecule has 1 aromatic carbocycles. The molecule has 1 aromatic rings. The minimum atomic E-state index is -0.980. The van der Waals surface area contributed by atoms with E-state index in [2.05, 4.69) is 5.32 Å². The molecule has 1 amide bonds. The summed E-state index contributed by atoms with van der Waals surface area (Å²) >= 11 is 5.95. The van der Waals surface area contributed by atoms with Gasteiger partial charge >= 0.3 is 5.97 Å². The maximum absolute atomic E-state index is 12.1. The Bertz CT molecular complexity index is 634. The van der Waals surface area contributed by atoms with Crippen LogP contribution in [-0.2, 0) is 9.59 Å². The van der Waals surface area contributed by atoms with Crippen molar-refractivity contribution in [2.24, 2.45) is 17.3 Å². The second-order valence-electron chi connectivity index (χ2n) is 5.41. The maximum Gasteiger partial charge on any atom is 0.307 e. The molecule has 2 N–H and O–H groups in total. The molecule has 5 nitrogen and oxygen atoms in total. The minimum absolute atomic E-state index is 0.308. The molecule has 104 valence electrons. The van der Waals surface area contributed by atoms with Crippen LogP contribution in [0.1, 0.15) is 19.4 Å². The lowest BCUT2D eigenvalue weighted by Gasteiger charge is -2.08. The molecule has 0 aliphatic heterocycles. The Labute approximate surface area is 121 Å². The monoisotopic (exact) mass is 292 g/mol. The number of carbonyl (C=O) groups is 2. The van der Waals surface area contributed by atoms with Gasteiger partial charge in [-0.2, -0.15) is 5.26 Å². The number of carboxylic acid groups (broad SMARTS) is 1. The van der Waals surface area contributed by atoms with Crippen molar-refractivity contribution in [2.75, 3.05) is 5.32 Å². The molecule has 0 saturated heterocycles. The second kappa shape index (κ2) is 4.80. The number of anilines is 1. The summed E-state index contributed by atoms with van der Waals surface area (Å²) in [5, 5.41) is 20.8. The summed E-state index contributed by atoms with van der Waals surface area (Å²) < 4.78 is 0. The first kappa shape index (κ1) is 14.4. The third-order valence-corrected chi connectivity index (χ3v) is 4.06. The molecule has 1 saturated carbocycles. The van der Waals surface area contributed by atoms with Crippen LogP contribution in [0, 0.1) is 28.6 Å². The lowest BCUT2D eigenvalue weighted by atomic mass is 10.1. The van der Waals surface area contributed by atoms with Gasteiger partial charge in [-0.25, -0.2) is 0 Å². The van der Waals surface area contributed by atoms with E-state index >= 15 is 0 Å². The number of nitrogens with zero attached hydrogens (tertiary/aromatic N) is 1. The molecule has 20 heavy (non-hydrogen) atoms. The predicted octanol–water partition coefficient (Wildman–Crippen LogP) is 2.51. The van der Waals surface area contributed by atoms with E-state index in [1.807, 2.05) is 6.07 Å². The van der Waals surface area contributed by atoms with E-state index in [-0.39, 0.29) is 5.91 Å². The van der Waals surface area contributed by atoms with Gasteiger partial charge in [0, 0.05) is 0 Å². The Morgan fingerprint density at radius 3 is 2.55 bits per heavy atom. The van der Waals surface area contributed by atoms with Crippen LogP contribution < -0.4 is 5.32 Å². The average molecular weight is 293 g/mol. The summed E-state index contributed by atoms with van der Waals surface area (Å²) in [5.74, 6) is -2.66. The molecule has 1 aliphatic rings. The van der Waals surface area contributed by atoms with Crippen LogP contribution >= 0.6 is 11.6 Å². The number of hydrogen-bond acceptors (Lipinski definition) is 3. The van der Waals surface area contributed by atoms with Crippen molar-refractivity contribution in [1.29, 1.82) is 5.26 Å². The molecular weight excluding hydrogens is 280 g/mol. The molecule has 1 aliphatic carbocycles. The van der Waals surface area contributed by atoms with Gasteiger partial charge in [-0.15, -0.1) is 0 Å². The number of nitriles is 1. The number of benzene rings is 1. The summed E-state index contributed by atoms with van der Waals surface area (Å²) in [4.78, 5) is 23.2. The van der Waals surface area contributed by atoms with Crippen molar-refractivity contribution in [2.45, 2.75) is 13.8 Å². The van der Waals surface area contributed by atoms with E-state index < -0.39 is 23.2 Å². The summed E-state index contributed by atoms with van der Waals surface area (Å²) in [6, 6.07) is 6.47. The third-order valence-electron chi connectivity index (χ3n) is 3.73. The zero-order chi connectivity index (χ0) is 15.1. The molecular formula is C14H13ClN2O3. The molecule has 0 bridgehead atoms. The lowest BCUT2D eigenvalue weighted by molar-refractivity contribution is -0.140. The predicted molar refractivity (Wildman–Crippen MR) is 73.2 cm³/mol. The number of amides is 1. The molecule has 0 aromatic heterocycles. The van der Waals surface area contributed by atoms with Gasteiger partial charge in [0.25, 0.3) is 0 Å². The van der Waals surface area contributed by atoms with Crippen LogP contribution in [0.5, 0.6) is 0 Å². The van der Waals surface area contributed by atoms with Crippen molar-refractivity contribution in [3.63, 3.8) is 0 Å². The van der Waals surface area contributed by atoms with Gasteiger partial charge in [0.05, 0.1) is 34.2 Å². The highest BCUT2D eigenvalue weighted by Gasteiger charge is 2.65. The number of aliphatic carboxylic acids is 1. The second-order valence-corrected chi connectivity index (χ2v) is 5.82. The Morgan fingerprint density at radius 1 is 1.40 bits per heavy atom. The first-order chi connectivity index (χ1) is 9.28. The Hall–Kier alpha value is -2.06. The number of hydrogen-bond donors (Lipinski definition) is 2. The quantitative estimate of drug-likeness (QED) is 0.895. The average Bonchev–Trinajstić information content (AvgIpc) is 2.95. The van der Waals surface area contributed by atoms with Gasteiger partial charge in [0.1, 0.15) is 0 Å². The number of carbonyl (C=O) groups excluding carboxylic acids is 1. The fourth-order valence-corrected chi connectivity index (χ4v) is 2.65. The van der Waals surface area contributed by atoms with E-state index in [1.165, 1.54) is 12.1 Å². The molecule has 6 heteroatoms. The van der Waals surface area contributed by atoms with Crippen LogP contribution in [0.25, 0.3) is 0 Å². The zero-order valence-electron chi connectivity index (χ0n) is 11.0. The maximum atomic E-state index is 12.1. The summed E-state index contributed by atoms with van der Waals surface area (Å²) in [6.45, 7) is 3.48. The molecule has 0 spiro atoms. The number of nitrogens with one attached hydrogen (secondary N) is 1. The Morgan fingerprint density at radius 2 is 2.05 bits per heavy atom. The SMILES string of the molecule is CC1(C)C(C(=O)O)C1C(=O)Nc1cc(C#N)ccc1Cl. The lowest BCUT2D eigenvalue weighted by Crippen LogP contribution is -2.18. The van der Waals surface area contributed by atoms with Crippen LogP contribution in [0.3, 0.4) is 0 Å². The van der Waals surface area contributed by atoms with Crippen molar-refractivity contribution in [1.82, 2.24) is 0 Å². The van der Waals surface area contributed by atoms with Gasteiger partial charge < -0.3 is 10.4 Å². The van der Waals surface area contributed by atoms with Gasteiger partial charge in [0.15, 0.2) is 0 Å². The van der Waals surface area contributed by atoms with Gasteiger partial charge in [-0.05, 0) is 23.6 Å².